The van der Waals surface area contributed by atoms with Crippen LogP contribution in [0.2, 0.25) is 0 Å². The molecular formula is C31H61NO2. The highest BCUT2D eigenvalue weighted by Crippen LogP contribution is 2.20. The SMILES string of the molecule is CCCCCCCCCC(CCCCCCC=CCCCCCCCCCC(=O)O)CN(C)C. The van der Waals surface area contributed by atoms with Crippen LogP contribution in [0.25, 0.3) is 0 Å². The summed E-state index contributed by atoms with van der Waals surface area (Å²) in [7, 11) is 4.46. The quantitative estimate of drug-likeness (QED) is 0.0941. The van der Waals surface area contributed by atoms with E-state index in [1.807, 2.05) is 0 Å². The summed E-state index contributed by atoms with van der Waals surface area (Å²) in [6, 6.07) is 0. The summed E-state index contributed by atoms with van der Waals surface area (Å²) in [5, 5.41) is 8.62. The minimum absolute atomic E-state index is 0.334. The fourth-order valence-corrected chi connectivity index (χ4v) is 4.94. The third-order valence-corrected chi connectivity index (χ3v) is 7.00. The first-order valence-corrected chi connectivity index (χ1v) is 15.1. The van der Waals surface area contributed by atoms with Crippen LogP contribution in [0.3, 0.4) is 0 Å². The van der Waals surface area contributed by atoms with Crippen molar-refractivity contribution >= 4 is 5.97 Å². The van der Waals surface area contributed by atoms with Crippen LogP contribution in [0.1, 0.15) is 155 Å². The summed E-state index contributed by atoms with van der Waals surface area (Å²) in [6.07, 6.45) is 34.3. The number of allylic oxidation sites excluding steroid dienone is 2. The molecule has 0 heterocycles. The maximum absolute atomic E-state index is 10.5. The molecule has 1 atom stereocenters. The molecule has 0 aliphatic carbocycles. The predicted octanol–water partition coefficient (Wildman–Crippen LogP) is 9.80. The molecule has 1 N–H and O–H groups in total. The number of nitrogens with zero attached hydrogens (tertiary/aromatic N) is 1. The third kappa shape index (κ3) is 27.4. The Labute approximate surface area is 214 Å². The standard InChI is InChI=1S/C31H61NO2/c1-4-5-6-7-17-20-23-26-30(29-32(2)3)27-24-21-18-15-13-11-9-8-10-12-14-16-19-22-25-28-31(33)34/h9,11,30H,4-8,10,12-29H2,1-3H3,(H,33,34). The Balaban J connectivity index is 3.51. The Hall–Kier alpha value is -0.830. The zero-order valence-corrected chi connectivity index (χ0v) is 23.5. The van der Waals surface area contributed by atoms with Gasteiger partial charge in [0.2, 0.25) is 0 Å². The molecule has 0 aromatic rings. The van der Waals surface area contributed by atoms with E-state index in [4.69, 9.17) is 5.11 Å². The van der Waals surface area contributed by atoms with Gasteiger partial charge in [0.15, 0.2) is 0 Å². The summed E-state index contributed by atoms with van der Waals surface area (Å²) < 4.78 is 0. The average Bonchev–Trinajstić information content (AvgIpc) is 2.79. The van der Waals surface area contributed by atoms with Gasteiger partial charge in [-0.25, -0.2) is 0 Å². The van der Waals surface area contributed by atoms with Gasteiger partial charge in [-0.05, 0) is 65.0 Å². The second-order valence-electron chi connectivity index (χ2n) is 10.9. The van der Waals surface area contributed by atoms with Crippen molar-refractivity contribution in [2.45, 2.75) is 155 Å². The Morgan fingerprint density at radius 1 is 0.647 bits per heavy atom. The number of unbranched alkanes of at least 4 members (excludes halogenated alkanes) is 17. The van der Waals surface area contributed by atoms with Crippen LogP contribution >= 0.6 is 0 Å². The number of rotatable bonds is 27. The highest BCUT2D eigenvalue weighted by Gasteiger charge is 2.09. The molecule has 0 saturated carbocycles. The first-order valence-electron chi connectivity index (χ1n) is 15.1. The lowest BCUT2D eigenvalue weighted by Gasteiger charge is -2.21. The van der Waals surface area contributed by atoms with Gasteiger partial charge in [-0.3, -0.25) is 4.79 Å². The van der Waals surface area contributed by atoms with Gasteiger partial charge in [-0.15, -0.1) is 0 Å². The Morgan fingerprint density at radius 2 is 1.06 bits per heavy atom. The van der Waals surface area contributed by atoms with Crippen LogP contribution in [-0.4, -0.2) is 36.6 Å². The number of aliphatic carboxylic acids is 1. The molecule has 0 radical (unpaired) electrons. The molecular weight excluding hydrogens is 418 g/mol. The van der Waals surface area contributed by atoms with Crippen molar-refractivity contribution in [2.24, 2.45) is 5.92 Å². The number of hydrogen-bond donors (Lipinski definition) is 1. The van der Waals surface area contributed by atoms with Crippen LogP contribution in [0.15, 0.2) is 12.2 Å². The highest BCUT2D eigenvalue weighted by molar-refractivity contribution is 5.66. The van der Waals surface area contributed by atoms with E-state index in [-0.39, 0.29) is 0 Å². The molecule has 0 aromatic carbocycles. The summed E-state index contributed by atoms with van der Waals surface area (Å²) in [5.41, 5.74) is 0. The molecule has 0 bridgehead atoms. The summed E-state index contributed by atoms with van der Waals surface area (Å²) in [5.74, 6) is 0.241. The molecule has 0 rings (SSSR count). The van der Waals surface area contributed by atoms with E-state index in [0.717, 1.165) is 18.8 Å². The maximum atomic E-state index is 10.5. The Morgan fingerprint density at radius 3 is 1.50 bits per heavy atom. The lowest BCUT2D eigenvalue weighted by molar-refractivity contribution is -0.137. The van der Waals surface area contributed by atoms with Gasteiger partial charge < -0.3 is 10.0 Å². The van der Waals surface area contributed by atoms with Crippen LogP contribution < -0.4 is 0 Å². The zero-order valence-electron chi connectivity index (χ0n) is 23.5. The van der Waals surface area contributed by atoms with Gasteiger partial charge in [-0.2, -0.15) is 0 Å². The number of carbonyl (C=O) groups is 1. The number of carboxylic acid groups (broad SMARTS) is 1. The van der Waals surface area contributed by atoms with E-state index in [9.17, 15) is 4.79 Å². The molecule has 0 aliphatic heterocycles. The van der Waals surface area contributed by atoms with Gasteiger partial charge in [-0.1, -0.05) is 115 Å². The van der Waals surface area contributed by atoms with Crippen molar-refractivity contribution in [2.75, 3.05) is 20.6 Å². The second-order valence-corrected chi connectivity index (χ2v) is 10.9. The fraction of sp³-hybridized carbons (Fsp3) is 0.903. The normalized spacial score (nSPS) is 12.7. The van der Waals surface area contributed by atoms with Crippen molar-refractivity contribution in [3.63, 3.8) is 0 Å². The topological polar surface area (TPSA) is 40.5 Å². The van der Waals surface area contributed by atoms with E-state index in [0.29, 0.717) is 6.42 Å². The molecule has 0 amide bonds. The van der Waals surface area contributed by atoms with Gasteiger partial charge >= 0.3 is 5.97 Å². The first kappa shape index (κ1) is 33.2. The molecule has 0 fully saturated rings. The van der Waals surface area contributed by atoms with Gasteiger partial charge in [0.05, 0.1) is 0 Å². The third-order valence-electron chi connectivity index (χ3n) is 7.00. The molecule has 0 saturated heterocycles. The lowest BCUT2D eigenvalue weighted by atomic mass is 9.93. The van der Waals surface area contributed by atoms with Gasteiger partial charge in [0, 0.05) is 13.0 Å². The molecule has 3 nitrogen and oxygen atoms in total. The van der Waals surface area contributed by atoms with Gasteiger partial charge in [0.25, 0.3) is 0 Å². The molecule has 3 heteroatoms. The van der Waals surface area contributed by atoms with Crippen molar-refractivity contribution < 1.29 is 9.90 Å². The average molecular weight is 480 g/mol. The van der Waals surface area contributed by atoms with Gasteiger partial charge in [0.1, 0.15) is 0 Å². The molecule has 1 unspecified atom stereocenters. The highest BCUT2D eigenvalue weighted by atomic mass is 16.4. The summed E-state index contributed by atoms with van der Waals surface area (Å²) >= 11 is 0. The summed E-state index contributed by atoms with van der Waals surface area (Å²) in [4.78, 5) is 12.9. The zero-order chi connectivity index (χ0) is 25.1. The minimum Gasteiger partial charge on any atom is -0.481 e. The minimum atomic E-state index is -0.658. The largest absolute Gasteiger partial charge is 0.481 e. The molecule has 202 valence electrons. The molecule has 0 aliphatic rings. The summed E-state index contributed by atoms with van der Waals surface area (Å²) in [6.45, 7) is 3.56. The monoisotopic (exact) mass is 479 g/mol. The van der Waals surface area contributed by atoms with Crippen LogP contribution in [0, 0.1) is 5.92 Å². The molecule has 0 aromatic heterocycles. The van der Waals surface area contributed by atoms with Crippen molar-refractivity contribution in [3.8, 4) is 0 Å². The Bertz CT molecular complexity index is 447. The lowest BCUT2D eigenvalue weighted by Crippen LogP contribution is -2.21. The number of carboxylic acids is 1. The Kier molecular flexibility index (Phi) is 26.1. The predicted molar refractivity (Wildman–Crippen MR) is 151 cm³/mol. The van der Waals surface area contributed by atoms with E-state index in [2.05, 4.69) is 38.1 Å². The molecule has 34 heavy (non-hydrogen) atoms. The van der Waals surface area contributed by atoms with Crippen LogP contribution in [-0.2, 0) is 4.79 Å². The second kappa shape index (κ2) is 26.8. The molecule has 0 spiro atoms. The van der Waals surface area contributed by atoms with E-state index < -0.39 is 5.97 Å². The van der Waals surface area contributed by atoms with Crippen LogP contribution in [0.5, 0.6) is 0 Å². The van der Waals surface area contributed by atoms with E-state index in [1.54, 1.807) is 0 Å². The van der Waals surface area contributed by atoms with Crippen molar-refractivity contribution in [1.29, 1.82) is 0 Å². The fourth-order valence-electron chi connectivity index (χ4n) is 4.94. The number of hydrogen-bond acceptors (Lipinski definition) is 2. The first-order chi connectivity index (χ1) is 16.6. The van der Waals surface area contributed by atoms with Crippen molar-refractivity contribution in [1.82, 2.24) is 4.90 Å². The maximum Gasteiger partial charge on any atom is 0.303 e. The van der Waals surface area contributed by atoms with E-state index >= 15 is 0 Å². The van der Waals surface area contributed by atoms with Crippen molar-refractivity contribution in [3.05, 3.63) is 12.2 Å². The smallest absolute Gasteiger partial charge is 0.303 e. The van der Waals surface area contributed by atoms with E-state index in [1.165, 1.54) is 135 Å². The van der Waals surface area contributed by atoms with Crippen LogP contribution in [0.4, 0.5) is 0 Å².